The number of hydrogen-bond acceptors (Lipinski definition) is 5. The minimum absolute atomic E-state index is 0.0936. The van der Waals surface area contributed by atoms with Crippen LogP contribution < -0.4 is 5.32 Å². The first kappa shape index (κ1) is 15.2. The lowest BCUT2D eigenvalue weighted by atomic mass is 10.1. The van der Waals surface area contributed by atoms with Crippen LogP contribution in [0.2, 0.25) is 0 Å². The molecule has 0 unspecified atom stereocenters. The maximum absolute atomic E-state index is 12.1. The Bertz CT molecular complexity index is 753. The van der Waals surface area contributed by atoms with Gasteiger partial charge in [0.1, 0.15) is 5.75 Å². The third-order valence-electron chi connectivity index (χ3n) is 3.00. The van der Waals surface area contributed by atoms with Gasteiger partial charge >= 0.3 is 0 Å². The summed E-state index contributed by atoms with van der Waals surface area (Å²) in [6, 6.07) is 9.45. The maximum Gasteiger partial charge on any atom is 0.269 e. The molecule has 2 aromatic carbocycles. The van der Waals surface area contributed by atoms with Gasteiger partial charge in [-0.15, -0.1) is 0 Å². The fraction of sp³-hybridized carbons (Fsp3) is 0.0667. The topological polar surface area (TPSA) is 110 Å². The van der Waals surface area contributed by atoms with Crippen molar-refractivity contribution >= 4 is 23.1 Å². The van der Waals surface area contributed by atoms with Gasteiger partial charge < -0.3 is 10.4 Å². The molecular formula is C15H12N2O5. The van der Waals surface area contributed by atoms with Gasteiger partial charge in [0.2, 0.25) is 0 Å². The van der Waals surface area contributed by atoms with Gasteiger partial charge in [0, 0.05) is 17.7 Å². The summed E-state index contributed by atoms with van der Waals surface area (Å²) in [6.45, 7) is 1.30. The quantitative estimate of drug-likeness (QED) is 0.390. The number of carbonyl (C=O) groups excluding carboxylic acids is 2. The van der Waals surface area contributed by atoms with Crippen LogP contribution in [-0.2, 0) is 0 Å². The van der Waals surface area contributed by atoms with E-state index in [9.17, 15) is 24.8 Å². The van der Waals surface area contributed by atoms with E-state index in [2.05, 4.69) is 5.32 Å². The Morgan fingerprint density at radius 1 is 1.14 bits per heavy atom. The number of para-hydroxylation sites is 1. The monoisotopic (exact) mass is 300 g/mol. The lowest BCUT2D eigenvalue weighted by Gasteiger charge is -2.09. The summed E-state index contributed by atoms with van der Waals surface area (Å²) in [5.74, 6) is -1.19. The predicted octanol–water partition coefficient (Wildman–Crippen LogP) is 2.76. The first-order valence-electron chi connectivity index (χ1n) is 6.29. The number of nitrogens with one attached hydrogen (secondary N) is 1. The first-order chi connectivity index (χ1) is 10.4. The SMILES string of the molecule is CC(=O)c1cccc(NC(=O)c2ccc([N+](=O)[O-])cc2)c1O. The fourth-order valence-corrected chi connectivity index (χ4v) is 1.86. The number of non-ortho nitro benzene ring substituents is 1. The molecule has 2 aromatic rings. The number of phenolic OH excluding ortho intramolecular Hbond substituents is 1. The van der Waals surface area contributed by atoms with Crippen LogP contribution in [0.3, 0.4) is 0 Å². The van der Waals surface area contributed by atoms with Gasteiger partial charge in [-0.2, -0.15) is 0 Å². The van der Waals surface area contributed by atoms with Gasteiger partial charge in [0.15, 0.2) is 5.78 Å². The van der Waals surface area contributed by atoms with Crippen LogP contribution in [0.5, 0.6) is 5.75 Å². The van der Waals surface area contributed by atoms with Crippen LogP contribution in [0.15, 0.2) is 42.5 Å². The summed E-state index contributed by atoms with van der Waals surface area (Å²) in [7, 11) is 0. The highest BCUT2D eigenvalue weighted by Gasteiger charge is 2.14. The van der Waals surface area contributed by atoms with Crippen LogP contribution in [0, 0.1) is 10.1 Å². The summed E-state index contributed by atoms with van der Waals surface area (Å²) in [4.78, 5) is 33.4. The molecule has 0 bridgehead atoms. The van der Waals surface area contributed by atoms with Crippen LogP contribution in [0.25, 0.3) is 0 Å². The third-order valence-corrected chi connectivity index (χ3v) is 3.00. The normalized spacial score (nSPS) is 10.0. The second kappa shape index (κ2) is 6.04. The Kier molecular flexibility index (Phi) is 4.17. The Morgan fingerprint density at radius 3 is 2.32 bits per heavy atom. The van der Waals surface area contributed by atoms with Crippen molar-refractivity contribution in [3.8, 4) is 5.75 Å². The first-order valence-corrected chi connectivity index (χ1v) is 6.29. The van der Waals surface area contributed by atoms with Crippen molar-refractivity contribution in [3.63, 3.8) is 0 Å². The molecule has 1 amide bonds. The number of aromatic hydroxyl groups is 1. The molecule has 2 rings (SSSR count). The number of nitrogens with zero attached hydrogens (tertiary/aromatic N) is 1. The van der Waals surface area contributed by atoms with Crippen molar-refractivity contribution in [2.24, 2.45) is 0 Å². The van der Waals surface area contributed by atoms with Crippen LogP contribution in [0.4, 0.5) is 11.4 Å². The molecule has 0 aromatic heterocycles. The van der Waals surface area contributed by atoms with Crippen molar-refractivity contribution in [1.29, 1.82) is 0 Å². The Balaban J connectivity index is 2.24. The number of hydrogen-bond donors (Lipinski definition) is 2. The van der Waals surface area contributed by atoms with Crippen molar-refractivity contribution < 1.29 is 19.6 Å². The number of carbonyl (C=O) groups is 2. The van der Waals surface area contributed by atoms with Crippen LogP contribution >= 0.6 is 0 Å². The van der Waals surface area contributed by atoms with E-state index < -0.39 is 10.8 Å². The number of nitro groups is 1. The van der Waals surface area contributed by atoms with Gasteiger partial charge in [-0.3, -0.25) is 19.7 Å². The molecule has 0 heterocycles. The minimum atomic E-state index is -0.566. The molecule has 22 heavy (non-hydrogen) atoms. The number of anilines is 1. The largest absolute Gasteiger partial charge is 0.505 e. The summed E-state index contributed by atoms with van der Waals surface area (Å²) in [6.07, 6.45) is 0. The number of amides is 1. The van der Waals surface area contributed by atoms with Crippen LogP contribution in [0.1, 0.15) is 27.6 Å². The molecule has 0 aliphatic rings. The highest BCUT2D eigenvalue weighted by molar-refractivity contribution is 6.07. The highest BCUT2D eigenvalue weighted by atomic mass is 16.6. The number of benzene rings is 2. The molecule has 112 valence electrons. The molecule has 0 aliphatic carbocycles. The number of phenols is 1. The van der Waals surface area contributed by atoms with Crippen LogP contribution in [-0.4, -0.2) is 21.7 Å². The summed E-state index contributed by atoms with van der Waals surface area (Å²) >= 11 is 0. The fourth-order valence-electron chi connectivity index (χ4n) is 1.86. The van der Waals surface area contributed by atoms with Gasteiger partial charge in [-0.1, -0.05) is 6.07 Å². The smallest absolute Gasteiger partial charge is 0.269 e. The third kappa shape index (κ3) is 3.09. The van der Waals surface area contributed by atoms with Crippen molar-refractivity contribution in [1.82, 2.24) is 0 Å². The molecule has 0 saturated carbocycles. The average Bonchev–Trinajstić information content (AvgIpc) is 2.49. The lowest BCUT2D eigenvalue weighted by Crippen LogP contribution is -2.12. The molecular weight excluding hydrogens is 288 g/mol. The van der Waals surface area contributed by atoms with E-state index in [1.54, 1.807) is 0 Å². The number of nitro benzene ring substituents is 1. The summed E-state index contributed by atoms with van der Waals surface area (Å²) in [5.41, 5.74) is 0.258. The summed E-state index contributed by atoms with van der Waals surface area (Å²) in [5, 5.41) is 23.0. The molecule has 0 saturated heterocycles. The molecule has 7 nitrogen and oxygen atoms in total. The van der Waals surface area contributed by atoms with E-state index in [4.69, 9.17) is 0 Å². The second-order valence-electron chi connectivity index (χ2n) is 4.52. The van der Waals surface area contributed by atoms with Gasteiger partial charge in [0.25, 0.3) is 11.6 Å². The molecule has 0 atom stereocenters. The molecule has 0 aliphatic heterocycles. The zero-order valence-electron chi connectivity index (χ0n) is 11.6. The standard InChI is InChI=1S/C15H12N2O5/c1-9(18)12-3-2-4-13(14(12)19)16-15(20)10-5-7-11(8-6-10)17(21)22/h2-8,19H,1H3,(H,16,20). The lowest BCUT2D eigenvalue weighted by molar-refractivity contribution is -0.384. The number of rotatable bonds is 4. The number of Topliss-reactive ketones (excluding diaryl/α,β-unsaturated/α-hetero) is 1. The maximum atomic E-state index is 12.1. The molecule has 0 spiro atoms. The van der Waals surface area contributed by atoms with Gasteiger partial charge in [-0.05, 0) is 31.2 Å². The number of ketones is 1. The van der Waals surface area contributed by atoms with E-state index >= 15 is 0 Å². The Labute approximate surface area is 125 Å². The molecule has 0 radical (unpaired) electrons. The highest BCUT2D eigenvalue weighted by Crippen LogP contribution is 2.28. The molecule has 2 N–H and O–H groups in total. The van der Waals surface area contributed by atoms with E-state index in [1.807, 2.05) is 0 Å². The summed E-state index contributed by atoms with van der Waals surface area (Å²) < 4.78 is 0. The average molecular weight is 300 g/mol. The zero-order valence-corrected chi connectivity index (χ0v) is 11.6. The van der Waals surface area contributed by atoms with Crippen molar-refractivity contribution in [3.05, 3.63) is 63.7 Å². The van der Waals surface area contributed by atoms with Crippen molar-refractivity contribution in [2.45, 2.75) is 6.92 Å². The predicted molar refractivity (Wildman–Crippen MR) is 79.2 cm³/mol. The van der Waals surface area contributed by atoms with Crippen molar-refractivity contribution in [2.75, 3.05) is 5.32 Å². The van der Waals surface area contributed by atoms with E-state index in [1.165, 1.54) is 49.4 Å². The Hall–Kier alpha value is -3.22. The van der Waals surface area contributed by atoms with Gasteiger partial charge in [-0.25, -0.2) is 0 Å². The molecule has 0 fully saturated rings. The van der Waals surface area contributed by atoms with E-state index in [-0.39, 0.29) is 34.0 Å². The zero-order chi connectivity index (χ0) is 16.3. The second-order valence-corrected chi connectivity index (χ2v) is 4.52. The minimum Gasteiger partial charge on any atom is -0.505 e. The van der Waals surface area contributed by atoms with Gasteiger partial charge in [0.05, 0.1) is 16.2 Å². The van der Waals surface area contributed by atoms with E-state index in [0.717, 1.165) is 0 Å². The van der Waals surface area contributed by atoms with E-state index in [0.29, 0.717) is 0 Å². The molecule has 7 heteroatoms. The Morgan fingerprint density at radius 2 is 1.77 bits per heavy atom.